The predicted octanol–water partition coefficient (Wildman–Crippen LogP) is -3.20. The molecule has 3 unspecified atom stereocenters. The van der Waals surface area contributed by atoms with E-state index in [1.807, 2.05) is 0 Å². The van der Waals surface area contributed by atoms with Gasteiger partial charge in [-0.3, -0.25) is 0 Å². The molecule has 100 valence electrons. The molecule has 7 heteroatoms. The van der Waals surface area contributed by atoms with Crippen molar-refractivity contribution in [3.05, 3.63) is 0 Å². The van der Waals surface area contributed by atoms with Crippen LogP contribution >= 0.6 is 0 Å². The summed E-state index contributed by atoms with van der Waals surface area (Å²) >= 11 is 0. The van der Waals surface area contributed by atoms with Crippen LogP contribution in [-0.4, -0.2) is 80.0 Å². The van der Waals surface area contributed by atoms with E-state index in [-0.39, 0.29) is 12.7 Å². The van der Waals surface area contributed by atoms with Gasteiger partial charge in [-0.2, -0.15) is 0 Å². The molecule has 0 aromatic rings. The first-order valence-corrected chi connectivity index (χ1v) is 4.95. The van der Waals surface area contributed by atoms with Crippen LogP contribution in [0.15, 0.2) is 0 Å². The fourth-order valence-corrected chi connectivity index (χ4v) is 0.659. The first kappa shape index (κ1) is 18.1. The van der Waals surface area contributed by atoms with Gasteiger partial charge < -0.3 is 35.7 Å². The maximum atomic E-state index is 8.77. The van der Waals surface area contributed by atoms with Gasteiger partial charge in [0.1, 0.15) is 18.3 Å². The summed E-state index contributed by atoms with van der Waals surface area (Å²) in [5.74, 6) is 0. The Morgan fingerprint density at radius 2 is 1.19 bits per heavy atom. The molecule has 0 rings (SSSR count). The van der Waals surface area contributed by atoms with Crippen molar-refractivity contribution in [1.29, 1.82) is 0 Å². The van der Waals surface area contributed by atoms with E-state index in [9.17, 15) is 0 Å². The Kier molecular flexibility index (Phi) is 12.7. The van der Waals surface area contributed by atoms with Gasteiger partial charge in [0, 0.05) is 6.61 Å². The topological polar surface area (TPSA) is 142 Å². The summed E-state index contributed by atoms with van der Waals surface area (Å²) in [7, 11) is 0. The lowest BCUT2D eigenvalue weighted by atomic mass is 10.1. The largest absolute Gasteiger partial charge is 0.396 e. The minimum absolute atomic E-state index is 0.0810. The van der Waals surface area contributed by atoms with E-state index in [1.54, 1.807) is 6.92 Å². The van der Waals surface area contributed by atoms with Gasteiger partial charge in [-0.15, -0.1) is 0 Å². The first-order chi connectivity index (χ1) is 7.40. The molecule has 0 saturated heterocycles. The highest BCUT2D eigenvalue weighted by molar-refractivity contribution is 4.73. The van der Waals surface area contributed by atoms with Crippen molar-refractivity contribution in [2.75, 3.05) is 19.8 Å². The Bertz CT molecular complexity index is 132. The van der Waals surface area contributed by atoms with Crippen molar-refractivity contribution in [3.8, 4) is 0 Å². The molecule has 7 nitrogen and oxygen atoms in total. The molecule has 0 heterocycles. The van der Waals surface area contributed by atoms with E-state index < -0.39 is 31.5 Å². The molecule has 16 heavy (non-hydrogen) atoms. The Hall–Kier alpha value is -0.280. The average molecular weight is 242 g/mol. The third-order valence-corrected chi connectivity index (χ3v) is 1.71. The highest BCUT2D eigenvalue weighted by atomic mass is 16.4. The quantitative estimate of drug-likeness (QED) is 0.260. The molecule has 0 saturated carbocycles. The van der Waals surface area contributed by atoms with Gasteiger partial charge in [-0.25, -0.2) is 0 Å². The standard InChI is InChI=1S/C5H12O5.C4H10O2/c6-1-3(8)5(10)4(9)2-7;1-4(6)2-3-5/h3-10H,1-2H2;4-6H,2-3H2,1H3. The smallest absolute Gasteiger partial charge is 0.110 e. The summed E-state index contributed by atoms with van der Waals surface area (Å²) in [4.78, 5) is 0. The number of rotatable bonds is 6. The summed E-state index contributed by atoms with van der Waals surface area (Å²) < 4.78 is 0. The fourth-order valence-electron chi connectivity index (χ4n) is 0.659. The van der Waals surface area contributed by atoms with E-state index in [4.69, 9.17) is 35.7 Å². The maximum absolute atomic E-state index is 8.77. The molecule has 0 radical (unpaired) electrons. The summed E-state index contributed by atoms with van der Waals surface area (Å²) in [5.41, 5.74) is 0. The third kappa shape index (κ3) is 10.2. The van der Waals surface area contributed by atoms with Crippen molar-refractivity contribution in [3.63, 3.8) is 0 Å². The second kappa shape index (κ2) is 11.2. The van der Waals surface area contributed by atoms with Crippen molar-refractivity contribution in [1.82, 2.24) is 0 Å². The zero-order chi connectivity index (χ0) is 13.1. The monoisotopic (exact) mass is 242 g/mol. The van der Waals surface area contributed by atoms with E-state index in [1.165, 1.54) is 0 Å². The van der Waals surface area contributed by atoms with Crippen LogP contribution in [-0.2, 0) is 0 Å². The van der Waals surface area contributed by atoms with Gasteiger partial charge in [0.25, 0.3) is 0 Å². The minimum Gasteiger partial charge on any atom is -0.396 e. The van der Waals surface area contributed by atoms with E-state index in [2.05, 4.69) is 0 Å². The van der Waals surface area contributed by atoms with Crippen LogP contribution < -0.4 is 0 Å². The molecule has 0 bridgehead atoms. The van der Waals surface area contributed by atoms with Crippen molar-refractivity contribution >= 4 is 0 Å². The summed E-state index contributed by atoms with van der Waals surface area (Å²) in [5, 5.41) is 59.0. The lowest BCUT2D eigenvalue weighted by Gasteiger charge is -2.19. The normalized spacial score (nSPS) is 18.0. The lowest BCUT2D eigenvalue weighted by Crippen LogP contribution is -2.41. The third-order valence-electron chi connectivity index (χ3n) is 1.71. The van der Waals surface area contributed by atoms with Gasteiger partial charge in [-0.05, 0) is 13.3 Å². The zero-order valence-electron chi connectivity index (χ0n) is 9.27. The van der Waals surface area contributed by atoms with Crippen molar-refractivity contribution in [2.24, 2.45) is 0 Å². The second-order valence-corrected chi connectivity index (χ2v) is 3.35. The van der Waals surface area contributed by atoms with Crippen molar-refractivity contribution in [2.45, 2.75) is 37.8 Å². The number of hydrogen-bond donors (Lipinski definition) is 7. The first-order valence-electron chi connectivity index (χ1n) is 4.95. The highest BCUT2D eigenvalue weighted by Crippen LogP contribution is 1.98. The van der Waals surface area contributed by atoms with Crippen LogP contribution in [0.1, 0.15) is 13.3 Å². The molecule has 0 spiro atoms. The zero-order valence-corrected chi connectivity index (χ0v) is 9.27. The van der Waals surface area contributed by atoms with Crippen LogP contribution in [0.4, 0.5) is 0 Å². The molecule has 0 amide bonds. The SMILES string of the molecule is CC(O)CCO.OCC(O)C(O)C(O)CO. The fraction of sp³-hybridized carbons (Fsp3) is 1.00. The predicted molar refractivity (Wildman–Crippen MR) is 55.6 cm³/mol. The van der Waals surface area contributed by atoms with Crippen molar-refractivity contribution < 1.29 is 35.7 Å². The summed E-state index contributed by atoms with van der Waals surface area (Å²) in [6, 6.07) is 0. The Morgan fingerprint density at radius 3 is 1.31 bits per heavy atom. The Labute approximate surface area is 94.2 Å². The molecular weight excluding hydrogens is 220 g/mol. The van der Waals surface area contributed by atoms with Gasteiger partial charge in [0.2, 0.25) is 0 Å². The van der Waals surface area contributed by atoms with E-state index in [0.717, 1.165) is 0 Å². The molecule has 0 aliphatic carbocycles. The molecule has 0 aliphatic heterocycles. The lowest BCUT2D eigenvalue weighted by molar-refractivity contribution is -0.0900. The minimum atomic E-state index is -1.49. The Morgan fingerprint density at radius 1 is 0.812 bits per heavy atom. The van der Waals surface area contributed by atoms with Gasteiger partial charge in [0.05, 0.1) is 19.3 Å². The number of aliphatic hydroxyl groups excluding tert-OH is 7. The van der Waals surface area contributed by atoms with Gasteiger partial charge in [0.15, 0.2) is 0 Å². The van der Waals surface area contributed by atoms with E-state index in [0.29, 0.717) is 6.42 Å². The Balaban J connectivity index is 0. The number of aliphatic hydroxyl groups is 7. The van der Waals surface area contributed by atoms with Crippen LogP contribution in [0, 0.1) is 0 Å². The number of hydrogen-bond acceptors (Lipinski definition) is 7. The highest BCUT2D eigenvalue weighted by Gasteiger charge is 2.22. The molecule has 3 atom stereocenters. The maximum Gasteiger partial charge on any atom is 0.110 e. The summed E-state index contributed by atoms with van der Waals surface area (Å²) in [6.07, 6.45) is -4.16. The van der Waals surface area contributed by atoms with Crippen LogP contribution in [0.2, 0.25) is 0 Å². The van der Waals surface area contributed by atoms with Gasteiger partial charge >= 0.3 is 0 Å². The van der Waals surface area contributed by atoms with Crippen LogP contribution in [0.25, 0.3) is 0 Å². The molecular formula is C9H22O7. The molecule has 7 N–H and O–H groups in total. The second-order valence-electron chi connectivity index (χ2n) is 3.35. The molecule has 0 fully saturated rings. The van der Waals surface area contributed by atoms with E-state index >= 15 is 0 Å². The molecule has 0 aliphatic rings. The van der Waals surface area contributed by atoms with Crippen LogP contribution in [0.3, 0.4) is 0 Å². The molecule has 0 aromatic carbocycles. The molecule has 0 aromatic heterocycles. The van der Waals surface area contributed by atoms with Crippen LogP contribution in [0.5, 0.6) is 0 Å². The summed E-state index contributed by atoms with van der Waals surface area (Å²) in [6.45, 7) is 0.449. The van der Waals surface area contributed by atoms with Gasteiger partial charge in [-0.1, -0.05) is 0 Å². The average Bonchev–Trinajstić information content (AvgIpc) is 2.26.